The van der Waals surface area contributed by atoms with Gasteiger partial charge in [-0.15, -0.1) is 0 Å². The van der Waals surface area contributed by atoms with Crippen LogP contribution in [0.5, 0.6) is 0 Å². The van der Waals surface area contributed by atoms with Crippen molar-refractivity contribution in [2.75, 3.05) is 0 Å². The molecule has 0 fully saturated rings. The number of carbonyl (C=O) groups excluding carboxylic acids is 2. The molecule has 168 valence electrons. The SMILES string of the molecule is CC(C)(C)OC(=O)NC(CC(=O)OCc1ccccc1)C(O)c1cc(F)c(F)cc1F. The molecular weight excluding hydrogens is 415 g/mol. The Hall–Kier alpha value is -3.07. The summed E-state index contributed by atoms with van der Waals surface area (Å²) >= 11 is 0. The first-order valence-electron chi connectivity index (χ1n) is 9.48. The molecule has 2 unspecified atom stereocenters. The molecule has 2 rings (SSSR count). The number of aliphatic hydroxyl groups is 1. The zero-order valence-corrected chi connectivity index (χ0v) is 17.3. The maximum atomic E-state index is 14.1. The molecule has 2 N–H and O–H groups in total. The Morgan fingerprint density at radius 3 is 2.26 bits per heavy atom. The van der Waals surface area contributed by atoms with Gasteiger partial charge in [0.15, 0.2) is 11.6 Å². The highest BCUT2D eigenvalue weighted by molar-refractivity contribution is 5.73. The number of amides is 1. The van der Waals surface area contributed by atoms with Gasteiger partial charge >= 0.3 is 12.1 Å². The van der Waals surface area contributed by atoms with E-state index in [-0.39, 0.29) is 12.7 Å². The van der Waals surface area contributed by atoms with Crippen molar-refractivity contribution in [1.29, 1.82) is 0 Å². The third kappa shape index (κ3) is 7.60. The normalized spacial score (nSPS) is 13.3. The van der Waals surface area contributed by atoms with Gasteiger partial charge in [-0.2, -0.15) is 0 Å². The molecule has 0 aliphatic heterocycles. The fourth-order valence-electron chi connectivity index (χ4n) is 2.66. The van der Waals surface area contributed by atoms with Gasteiger partial charge in [0.25, 0.3) is 0 Å². The largest absolute Gasteiger partial charge is 0.461 e. The highest BCUT2D eigenvalue weighted by atomic mass is 19.2. The zero-order valence-electron chi connectivity index (χ0n) is 17.3. The van der Waals surface area contributed by atoms with Crippen LogP contribution in [0.3, 0.4) is 0 Å². The Balaban J connectivity index is 2.18. The van der Waals surface area contributed by atoms with Crippen molar-refractivity contribution >= 4 is 12.1 Å². The number of carbonyl (C=O) groups is 2. The lowest BCUT2D eigenvalue weighted by Crippen LogP contribution is -2.43. The number of halogens is 3. The number of hydrogen-bond donors (Lipinski definition) is 2. The maximum absolute atomic E-state index is 14.1. The maximum Gasteiger partial charge on any atom is 0.407 e. The van der Waals surface area contributed by atoms with Crippen LogP contribution >= 0.6 is 0 Å². The zero-order chi connectivity index (χ0) is 23.2. The molecule has 0 aliphatic carbocycles. The Kier molecular flexibility index (Phi) is 8.04. The van der Waals surface area contributed by atoms with Crippen LogP contribution in [0.25, 0.3) is 0 Å². The van der Waals surface area contributed by atoms with Crippen LogP contribution in [-0.2, 0) is 20.9 Å². The van der Waals surface area contributed by atoms with E-state index in [1.807, 2.05) is 0 Å². The lowest BCUT2D eigenvalue weighted by atomic mass is 9.99. The second-order valence-corrected chi connectivity index (χ2v) is 7.84. The minimum absolute atomic E-state index is 0.0610. The van der Waals surface area contributed by atoms with Crippen LogP contribution in [-0.4, -0.2) is 28.8 Å². The Bertz CT molecular complexity index is 915. The molecule has 1 amide bonds. The molecule has 2 atom stereocenters. The summed E-state index contributed by atoms with van der Waals surface area (Å²) in [5.74, 6) is -4.88. The minimum Gasteiger partial charge on any atom is -0.461 e. The van der Waals surface area contributed by atoms with Gasteiger partial charge in [-0.3, -0.25) is 4.79 Å². The van der Waals surface area contributed by atoms with Crippen LogP contribution in [0.2, 0.25) is 0 Å². The third-order valence-corrected chi connectivity index (χ3v) is 4.07. The molecule has 31 heavy (non-hydrogen) atoms. The van der Waals surface area contributed by atoms with Crippen molar-refractivity contribution in [3.8, 4) is 0 Å². The van der Waals surface area contributed by atoms with E-state index in [1.54, 1.807) is 51.1 Å². The molecule has 0 saturated carbocycles. The van der Waals surface area contributed by atoms with E-state index in [1.165, 1.54) is 0 Å². The first-order chi connectivity index (χ1) is 14.5. The van der Waals surface area contributed by atoms with Crippen LogP contribution in [0.1, 0.15) is 44.4 Å². The van der Waals surface area contributed by atoms with E-state index >= 15 is 0 Å². The fourth-order valence-corrected chi connectivity index (χ4v) is 2.66. The summed E-state index contributed by atoms with van der Waals surface area (Å²) in [7, 11) is 0. The lowest BCUT2D eigenvalue weighted by molar-refractivity contribution is -0.146. The van der Waals surface area contributed by atoms with E-state index in [4.69, 9.17) is 9.47 Å². The summed E-state index contributed by atoms with van der Waals surface area (Å²) in [6.45, 7) is 4.73. The van der Waals surface area contributed by atoms with Gasteiger partial charge in [0.2, 0.25) is 0 Å². The van der Waals surface area contributed by atoms with E-state index < -0.39 is 59.2 Å². The molecule has 0 saturated heterocycles. The highest BCUT2D eigenvalue weighted by Crippen LogP contribution is 2.25. The number of rotatable bonds is 7. The first kappa shape index (κ1) is 24.2. The van der Waals surface area contributed by atoms with E-state index in [9.17, 15) is 27.9 Å². The van der Waals surface area contributed by atoms with Gasteiger partial charge in [-0.25, -0.2) is 18.0 Å². The molecule has 0 radical (unpaired) electrons. The predicted molar refractivity (Wildman–Crippen MR) is 105 cm³/mol. The average molecular weight is 439 g/mol. The van der Waals surface area contributed by atoms with Crippen molar-refractivity contribution in [3.05, 3.63) is 71.0 Å². The fraction of sp³-hybridized carbons (Fsp3) is 0.364. The van der Waals surface area contributed by atoms with Gasteiger partial charge < -0.3 is 19.9 Å². The van der Waals surface area contributed by atoms with Crippen molar-refractivity contribution in [1.82, 2.24) is 5.32 Å². The van der Waals surface area contributed by atoms with Crippen molar-refractivity contribution in [3.63, 3.8) is 0 Å². The number of alkyl carbamates (subject to hydrolysis) is 1. The van der Waals surface area contributed by atoms with E-state index in [0.717, 1.165) is 0 Å². The smallest absolute Gasteiger partial charge is 0.407 e. The van der Waals surface area contributed by atoms with Crippen LogP contribution in [0.4, 0.5) is 18.0 Å². The summed E-state index contributed by atoms with van der Waals surface area (Å²) in [4.78, 5) is 24.4. The topological polar surface area (TPSA) is 84.9 Å². The van der Waals surface area contributed by atoms with Gasteiger partial charge in [-0.1, -0.05) is 30.3 Å². The number of nitrogens with one attached hydrogen (secondary N) is 1. The van der Waals surface area contributed by atoms with Gasteiger partial charge in [0.05, 0.1) is 12.5 Å². The number of hydrogen-bond acceptors (Lipinski definition) is 5. The molecule has 0 aliphatic rings. The molecule has 0 heterocycles. The molecule has 0 spiro atoms. The number of ether oxygens (including phenoxy) is 2. The minimum atomic E-state index is -1.88. The monoisotopic (exact) mass is 439 g/mol. The Morgan fingerprint density at radius 2 is 1.65 bits per heavy atom. The average Bonchev–Trinajstić information content (AvgIpc) is 2.67. The van der Waals surface area contributed by atoms with E-state index in [2.05, 4.69) is 5.32 Å². The van der Waals surface area contributed by atoms with Crippen molar-refractivity contribution < 1.29 is 37.3 Å². The second kappa shape index (κ2) is 10.3. The molecular formula is C22H24F3NO5. The second-order valence-electron chi connectivity index (χ2n) is 7.84. The summed E-state index contributed by atoms with van der Waals surface area (Å²) in [6, 6.07) is 8.07. The number of aliphatic hydroxyl groups excluding tert-OH is 1. The Labute approximate surface area is 178 Å². The molecule has 9 heteroatoms. The van der Waals surface area contributed by atoms with Gasteiger partial charge in [0.1, 0.15) is 24.1 Å². The molecule has 2 aromatic carbocycles. The van der Waals surface area contributed by atoms with Crippen molar-refractivity contribution in [2.45, 2.75) is 51.5 Å². The van der Waals surface area contributed by atoms with E-state index in [0.29, 0.717) is 11.6 Å². The quantitative estimate of drug-likeness (QED) is 0.500. The standard InChI is InChI=1S/C22H24F3NO5/c1-22(2,3)31-21(29)26-18(11-19(27)30-12-13-7-5-4-6-8-13)20(28)14-9-16(24)17(25)10-15(14)23/h4-10,18,20,28H,11-12H2,1-3H3,(H,26,29). The summed E-state index contributed by atoms with van der Waals surface area (Å²) in [5.41, 5.74) is -0.809. The van der Waals surface area contributed by atoms with Gasteiger partial charge in [-0.05, 0) is 32.4 Å². The number of esters is 1. The first-order valence-corrected chi connectivity index (χ1v) is 9.48. The summed E-state index contributed by atoms with van der Waals surface area (Å²) < 4.78 is 51.2. The van der Waals surface area contributed by atoms with Crippen LogP contribution < -0.4 is 5.32 Å². The van der Waals surface area contributed by atoms with Gasteiger partial charge in [0, 0.05) is 11.6 Å². The number of benzene rings is 2. The summed E-state index contributed by atoms with van der Waals surface area (Å²) in [6.07, 6.45) is -3.45. The molecule has 0 bridgehead atoms. The van der Waals surface area contributed by atoms with Crippen LogP contribution in [0, 0.1) is 17.5 Å². The van der Waals surface area contributed by atoms with Crippen molar-refractivity contribution in [2.24, 2.45) is 0 Å². The Morgan fingerprint density at radius 1 is 1.03 bits per heavy atom. The summed E-state index contributed by atoms with van der Waals surface area (Å²) in [5, 5.41) is 12.8. The van der Waals surface area contributed by atoms with Crippen LogP contribution in [0.15, 0.2) is 42.5 Å². The highest BCUT2D eigenvalue weighted by Gasteiger charge is 2.31. The molecule has 0 aromatic heterocycles. The lowest BCUT2D eigenvalue weighted by Gasteiger charge is -2.26. The molecule has 2 aromatic rings. The molecule has 6 nitrogen and oxygen atoms in total. The third-order valence-electron chi connectivity index (χ3n) is 4.07. The predicted octanol–water partition coefficient (Wildman–Crippen LogP) is 4.16.